The fraction of sp³-hybridized carbons (Fsp3) is 0.676. The minimum Gasteiger partial charge on any atom is -0.471 e. The number of aromatic nitrogens is 2. The van der Waals surface area contributed by atoms with Gasteiger partial charge in [0.25, 0.3) is 0 Å². The third-order valence-electron chi connectivity index (χ3n) is 9.77. The van der Waals surface area contributed by atoms with Crippen molar-refractivity contribution < 1.29 is 37.0 Å². The fourth-order valence-corrected chi connectivity index (χ4v) is 7.36. The van der Waals surface area contributed by atoms with Crippen molar-refractivity contribution >= 4 is 28.8 Å². The van der Waals surface area contributed by atoms with Gasteiger partial charge in [-0.1, -0.05) is 40.5 Å². The Kier molecular flexibility index (Phi) is 9.84. The molecule has 46 heavy (non-hydrogen) atoms. The first kappa shape index (κ1) is 33.9. The molecule has 1 saturated carbocycles. The molecule has 12 heteroatoms. The van der Waals surface area contributed by atoms with E-state index in [4.69, 9.17) is 14.5 Å². The van der Waals surface area contributed by atoms with Crippen LogP contribution in [0.4, 0.5) is 18.0 Å². The molecule has 3 aliphatic rings. The lowest BCUT2D eigenvalue weighted by Gasteiger charge is -2.35. The number of Topliss-reactive ketones (excluding diaryl/α,β-unsaturated/α-hetero) is 1. The number of amides is 2. The van der Waals surface area contributed by atoms with Gasteiger partial charge in [-0.3, -0.25) is 9.59 Å². The Bertz CT molecular complexity index is 1460. The van der Waals surface area contributed by atoms with Gasteiger partial charge in [0, 0.05) is 5.92 Å². The molecule has 2 amide bonds. The van der Waals surface area contributed by atoms with Crippen molar-refractivity contribution in [2.45, 2.75) is 123 Å². The van der Waals surface area contributed by atoms with Crippen LogP contribution in [0.5, 0.6) is 5.88 Å². The van der Waals surface area contributed by atoms with Gasteiger partial charge in [-0.2, -0.15) is 13.2 Å². The first-order valence-electron chi connectivity index (χ1n) is 16.5. The maximum atomic E-state index is 14.3. The Labute approximate surface area is 268 Å². The Balaban J connectivity index is 1.56. The van der Waals surface area contributed by atoms with Crippen LogP contribution >= 0.6 is 0 Å². The average molecular weight is 647 g/mol. The summed E-state index contributed by atoms with van der Waals surface area (Å²) in [5.74, 6) is -0.707. The van der Waals surface area contributed by atoms with Gasteiger partial charge in [0.15, 0.2) is 5.78 Å². The number of alkyl carbamates (subject to hydrolysis) is 1. The second-order valence-corrected chi connectivity index (χ2v) is 14.1. The normalized spacial score (nSPS) is 28.4. The predicted molar refractivity (Wildman–Crippen MR) is 165 cm³/mol. The lowest BCUT2D eigenvalue weighted by molar-refractivity contribution is -0.141. The highest BCUT2D eigenvalue weighted by Gasteiger charge is 2.50. The van der Waals surface area contributed by atoms with Crippen molar-refractivity contribution in [3.8, 4) is 5.88 Å². The monoisotopic (exact) mass is 646 g/mol. The van der Waals surface area contributed by atoms with E-state index in [9.17, 15) is 27.6 Å². The van der Waals surface area contributed by atoms with E-state index in [1.54, 1.807) is 0 Å². The molecule has 5 rings (SSSR count). The topological polar surface area (TPSA) is 111 Å². The van der Waals surface area contributed by atoms with Crippen molar-refractivity contribution in [2.75, 3.05) is 6.54 Å². The van der Waals surface area contributed by atoms with Gasteiger partial charge in [-0.15, -0.1) is 0 Å². The molecular weight excluding hydrogens is 601 g/mol. The SMILES string of the molecule is CC[C@@H]1[C@@H]2CN(C(=O)[C@H](C(C)(C)C)NC(=O)O[C@@H]3CCC[C@H]3CCCCCc3nc4ccc(C(F)(F)F)cc4nc3O2)[C@@H]1C(C)=O. The second kappa shape index (κ2) is 13.4. The third-order valence-corrected chi connectivity index (χ3v) is 9.77. The molecule has 252 valence electrons. The zero-order chi connectivity index (χ0) is 33.4. The number of ether oxygens (including phenoxy) is 2. The number of nitrogens with zero attached hydrogens (tertiary/aromatic N) is 3. The van der Waals surface area contributed by atoms with Crippen molar-refractivity contribution in [3.05, 3.63) is 29.5 Å². The van der Waals surface area contributed by atoms with Crippen molar-refractivity contribution in [1.29, 1.82) is 0 Å². The summed E-state index contributed by atoms with van der Waals surface area (Å²) in [6, 6.07) is 1.50. The first-order chi connectivity index (χ1) is 21.7. The Morgan fingerprint density at radius 2 is 1.72 bits per heavy atom. The van der Waals surface area contributed by atoms with Gasteiger partial charge < -0.3 is 19.7 Å². The van der Waals surface area contributed by atoms with Gasteiger partial charge in [0.05, 0.1) is 29.2 Å². The molecule has 0 unspecified atom stereocenters. The molecule has 1 aromatic carbocycles. The van der Waals surface area contributed by atoms with Crippen molar-refractivity contribution in [3.63, 3.8) is 0 Å². The van der Waals surface area contributed by atoms with Crippen LogP contribution in [0.25, 0.3) is 11.0 Å². The van der Waals surface area contributed by atoms with Crippen LogP contribution in [0.15, 0.2) is 18.2 Å². The van der Waals surface area contributed by atoms with Crippen LogP contribution in [-0.2, 0) is 26.9 Å². The lowest BCUT2D eigenvalue weighted by atomic mass is 9.85. The van der Waals surface area contributed by atoms with E-state index in [2.05, 4.69) is 10.3 Å². The number of carbonyl (C=O) groups excluding carboxylic acids is 3. The second-order valence-electron chi connectivity index (χ2n) is 14.1. The molecular formula is C34H45F3N4O5. The number of benzene rings is 1. The molecule has 2 fully saturated rings. The fourth-order valence-electron chi connectivity index (χ4n) is 7.36. The van der Waals surface area contributed by atoms with Gasteiger partial charge in [0.1, 0.15) is 23.9 Å². The minimum atomic E-state index is -4.55. The number of hydrogen-bond acceptors (Lipinski definition) is 7. The van der Waals surface area contributed by atoms with Gasteiger partial charge >= 0.3 is 12.3 Å². The van der Waals surface area contributed by atoms with Crippen LogP contribution in [-0.4, -0.2) is 63.5 Å². The molecule has 9 nitrogen and oxygen atoms in total. The predicted octanol–water partition coefficient (Wildman–Crippen LogP) is 6.65. The van der Waals surface area contributed by atoms with E-state index < -0.39 is 53.3 Å². The molecule has 0 radical (unpaired) electrons. The molecule has 3 heterocycles. The van der Waals surface area contributed by atoms with E-state index >= 15 is 0 Å². The maximum Gasteiger partial charge on any atom is 0.416 e. The summed E-state index contributed by atoms with van der Waals surface area (Å²) in [5, 5.41) is 2.83. The summed E-state index contributed by atoms with van der Waals surface area (Å²) in [6.45, 7) is 8.90. The highest BCUT2D eigenvalue weighted by Crippen LogP contribution is 2.37. The highest BCUT2D eigenvalue weighted by atomic mass is 19.4. The number of rotatable bonds is 2. The quantitative estimate of drug-likeness (QED) is 0.389. The molecule has 2 bridgehead atoms. The molecule has 1 N–H and O–H groups in total. The Morgan fingerprint density at radius 3 is 2.39 bits per heavy atom. The number of ketones is 1. The number of carbonyl (C=O) groups is 3. The largest absolute Gasteiger partial charge is 0.471 e. The van der Waals surface area contributed by atoms with Crippen LogP contribution in [0.1, 0.15) is 97.2 Å². The number of hydrogen-bond donors (Lipinski definition) is 1. The summed E-state index contributed by atoms with van der Waals surface area (Å²) in [6.07, 6.45) is 1.03. The van der Waals surface area contributed by atoms with Crippen LogP contribution in [0.3, 0.4) is 0 Å². The van der Waals surface area contributed by atoms with E-state index in [1.165, 1.54) is 17.9 Å². The number of nitrogens with one attached hydrogen (secondary N) is 1. The van der Waals surface area contributed by atoms with E-state index in [1.807, 2.05) is 27.7 Å². The zero-order valence-corrected chi connectivity index (χ0v) is 27.3. The Hall–Kier alpha value is -3.44. The summed E-state index contributed by atoms with van der Waals surface area (Å²) in [4.78, 5) is 51.3. The molecule has 0 spiro atoms. The summed E-state index contributed by atoms with van der Waals surface area (Å²) < 4.78 is 53.1. The van der Waals surface area contributed by atoms with Gasteiger partial charge in [-0.25, -0.2) is 14.8 Å². The summed E-state index contributed by atoms with van der Waals surface area (Å²) in [5.41, 5.74) is -0.611. The molecule has 6 atom stereocenters. The number of halogens is 3. The minimum absolute atomic E-state index is 0.0390. The van der Waals surface area contributed by atoms with Gasteiger partial charge in [-0.05, 0) is 81.4 Å². The number of alkyl halides is 3. The third kappa shape index (κ3) is 7.25. The first-order valence-corrected chi connectivity index (χ1v) is 16.5. The standard InChI is InChI=1S/C34H45F3N4O5/c1-6-22-27-18-41(28(22)19(2)42)31(43)29(33(3,4)5)40-32(44)46-26-14-10-12-20(26)11-8-7-9-13-24-30(45-27)39-25-17-21(34(35,36)37)15-16-23(25)38-24/h15-17,20,22,26-29H,6-14,18H2,1-5H3,(H,40,44)/t20-,22-,26-,27+,28-,29-/m1/s1. The van der Waals surface area contributed by atoms with E-state index in [0.717, 1.165) is 57.1 Å². The number of fused-ring (bicyclic) bond motifs is 5. The molecule has 1 aromatic heterocycles. The van der Waals surface area contributed by atoms with Crippen LogP contribution in [0.2, 0.25) is 0 Å². The molecule has 2 aliphatic heterocycles. The van der Waals surface area contributed by atoms with Crippen LogP contribution in [0, 0.1) is 17.3 Å². The zero-order valence-electron chi connectivity index (χ0n) is 27.3. The van der Waals surface area contributed by atoms with Crippen molar-refractivity contribution in [2.24, 2.45) is 17.3 Å². The van der Waals surface area contributed by atoms with Crippen molar-refractivity contribution in [1.82, 2.24) is 20.2 Å². The smallest absolute Gasteiger partial charge is 0.416 e. The van der Waals surface area contributed by atoms with E-state index in [-0.39, 0.29) is 35.7 Å². The summed E-state index contributed by atoms with van der Waals surface area (Å²) >= 11 is 0. The Morgan fingerprint density at radius 1 is 0.978 bits per heavy atom. The van der Waals surface area contributed by atoms with Crippen LogP contribution < -0.4 is 10.1 Å². The highest BCUT2D eigenvalue weighted by molar-refractivity contribution is 5.92. The number of aryl methyl sites for hydroxylation is 1. The van der Waals surface area contributed by atoms with Gasteiger partial charge in [0.2, 0.25) is 11.8 Å². The maximum absolute atomic E-state index is 14.3. The molecule has 2 aromatic rings. The summed E-state index contributed by atoms with van der Waals surface area (Å²) in [7, 11) is 0. The molecule has 1 saturated heterocycles. The lowest BCUT2D eigenvalue weighted by Crippen LogP contribution is -2.57. The average Bonchev–Trinajstić information content (AvgIpc) is 3.57. The van der Waals surface area contributed by atoms with E-state index in [0.29, 0.717) is 24.1 Å². The molecule has 1 aliphatic carbocycles.